The molecular formula is C20H15F6N3O3S. The van der Waals surface area contributed by atoms with Crippen molar-refractivity contribution in [2.45, 2.75) is 24.2 Å². The van der Waals surface area contributed by atoms with E-state index in [9.17, 15) is 34.8 Å². The standard InChI is InChI=1S/C20H15F6N3O3S/c1-2-32-18-8-7-17(27-28-18)12-3-5-15(6-4-12)29-33(30,31)16-10-13(19(21,22)23)9-14(11-16)20(24,25)26/h3-11,29H,2H2,1H3. The highest BCUT2D eigenvalue weighted by molar-refractivity contribution is 7.92. The van der Waals surface area contributed by atoms with Crippen molar-refractivity contribution in [3.05, 3.63) is 65.7 Å². The van der Waals surface area contributed by atoms with E-state index in [-0.39, 0.29) is 23.9 Å². The van der Waals surface area contributed by atoms with Crippen LogP contribution in [0, 0.1) is 0 Å². The van der Waals surface area contributed by atoms with Gasteiger partial charge in [-0.2, -0.15) is 26.3 Å². The number of hydrogen-bond donors (Lipinski definition) is 1. The van der Waals surface area contributed by atoms with E-state index in [0.717, 1.165) is 0 Å². The van der Waals surface area contributed by atoms with Gasteiger partial charge in [-0.3, -0.25) is 4.72 Å². The fourth-order valence-corrected chi connectivity index (χ4v) is 3.83. The average Bonchev–Trinajstić information content (AvgIpc) is 2.73. The van der Waals surface area contributed by atoms with E-state index in [4.69, 9.17) is 4.74 Å². The number of benzene rings is 2. The van der Waals surface area contributed by atoms with Crippen molar-refractivity contribution < 1.29 is 39.5 Å². The van der Waals surface area contributed by atoms with Crippen LogP contribution < -0.4 is 9.46 Å². The van der Waals surface area contributed by atoms with Gasteiger partial charge in [-0.1, -0.05) is 12.1 Å². The number of nitrogens with one attached hydrogen (secondary N) is 1. The SMILES string of the molecule is CCOc1ccc(-c2ccc(NS(=O)(=O)c3cc(C(F)(F)F)cc(C(F)(F)F)c3)cc2)nn1. The highest BCUT2D eigenvalue weighted by Gasteiger charge is 2.38. The van der Waals surface area contributed by atoms with Gasteiger partial charge in [0.1, 0.15) is 0 Å². The summed E-state index contributed by atoms with van der Waals surface area (Å²) in [5.41, 5.74) is -2.58. The smallest absolute Gasteiger partial charge is 0.416 e. The summed E-state index contributed by atoms with van der Waals surface area (Å²) < 4.78 is 110. The Hall–Kier alpha value is -3.35. The summed E-state index contributed by atoms with van der Waals surface area (Å²) in [6, 6.07) is 8.79. The van der Waals surface area contributed by atoms with Crippen LogP contribution in [0.25, 0.3) is 11.3 Å². The first kappa shape index (κ1) is 24.3. The lowest BCUT2D eigenvalue weighted by molar-refractivity contribution is -0.143. The molecule has 1 heterocycles. The molecule has 0 spiro atoms. The van der Waals surface area contributed by atoms with Crippen LogP contribution in [0.5, 0.6) is 5.88 Å². The van der Waals surface area contributed by atoms with Crippen molar-refractivity contribution in [1.29, 1.82) is 0 Å². The molecule has 1 N–H and O–H groups in total. The van der Waals surface area contributed by atoms with E-state index in [1.54, 1.807) is 19.1 Å². The molecule has 33 heavy (non-hydrogen) atoms. The van der Waals surface area contributed by atoms with Crippen LogP contribution in [-0.4, -0.2) is 25.2 Å². The molecule has 0 bridgehead atoms. The maximum absolute atomic E-state index is 13.0. The molecule has 1 aromatic heterocycles. The second-order valence-corrected chi connectivity index (χ2v) is 8.30. The summed E-state index contributed by atoms with van der Waals surface area (Å²) in [6.45, 7) is 2.18. The zero-order valence-corrected chi connectivity index (χ0v) is 17.5. The third-order valence-corrected chi connectivity index (χ3v) is 5.60. The van der Waals surface area contributed by atoms with E-state index in [0.29, 0.717) is 23.7 Å². The predicted octanol–water partition coefficient (Wildman–Crippen LogP) is 5.38. The Morgan fingerprint density at radius 1 is 0.848 bits per heavy atom. The third kappa shape index (κ3) is 5.92. The lowest BCUT2D eigenvalue weighted by atomic mass is 10.1. The molecule has 2 aromatic carbocycles. The quantitative estimate of drug-likeness (QED) is 0.469. The Kier molecular flexibility index (Phi) is 6.54. The van der Waals surface area contributed by atoms with Crippen molar-refractivity contribution in [2.24, 2.45) is 0 Å². The maximum Gasteiger partial charge on any atom is 0.416 e. The largest absolute Gasteiger partial charge is 0.477 e. The van der Waals surface area contributed by atoms with Crippen molar-refractivity contribution in [2.75, 3.05) is 11.3 Å². The van der Waals surface area contributed by atoms with Gasteiger partial charge in [0.25, 0.3) is 10.0 Å². The van der Waals surface area contributed by atoms with Crippen LogP contribution >= 0.6 is 0 Å². The Bertz CT molecular complexity index is 1190. The molecule has 0 atom stereocenters. The van der Waals surface area contributed by atoms with Crippen molar-refractivity contribution >= 4 is 15.7 Å². The fourth-order valence-electron chi connectivity index (χ4n) is 2.70. The number of aromatic nitrogens is 2. The molecule has 0 fully saturated rings. The van der Waals surface area contributed by atoms with E-state index < -0.39 is 38.4 Å². The molecule has 6 nitrogen and oxygen atoms in total. The normalized spacial score (nSPS) is 12.5. The molecule has 0 aliphatic carbocycles. The first-order valence-electron chi connectivity index (χ1n) is 9.19. The van der Waals surface area contributed by atoms with Gasteiger partial charge >= 0.3 is 12.4 Å². The predicted molar refractivity (Wildman–Crippen MR) is 106 cm³/mol. The van der Waals surface area contributed by atoms with Gasteiger partial charge in [-0.15, -0.1) is 10.2 Å². The molecular weight excluding hydrogens is 476 g/mol. The summed E-state index contributed by atoms with van der Waals surface area (Å²) in [4.78, 5) is -1.17. The van der Waals surface area contributed by atoms with Gasteiger partial charge in [0.15, 0.2) is 0 Å². The van der Waals surface area contributed by atoms with Crippen LogP contribution in [0.15, 0.2) is 59.5 Å². The van der Waals surface area contributed by atoms with Crippen molar-refractivity contribution in [3.63, 3.8) is 0 Å². The van der Waals surface area contributed by atoms with E-state index in [2.05, 4.69) is 10.2 Å². The molecule has 0 saturated heterocycles. The molecule has 0 unspecified atom stereocenters. The highest BCUT2D eigenvalue weighted by atomic mass is 32.2. The summed E-state index contributed by atoms with van der Waals surface area (Å²) in [6.07, 6.45) is -10.3. The zero-order chi connectivity index (χ0) is 24.4. The van der Waals surface area contributed by atoms with Crippen molar-refractivity contribution in [3.8, 4) is 17.1 Å². The number of hydrogen-bond acceptors (Lipinski definition) is 5. The summed E-state index contributed by atoms with van der Waals surface area (Å²) in [5, 5.41) is 7.81. The van der Waals surface area contributed by atoms with Crippen LogP contribution in [0.2, 0.25) is 0 Å². The summed E-state index contributed by atoms with van der Waals surface area (Å²) >= 11 is 0. The van der Waals surface area contributed by atoms with E-state index in [1.165, 1.54) is 24.3 Å². The fraction of sp³-hybridized carbons (Fsp3) is 0.200. The molecule has 3 aromatic rings. The third-order valence-electron chi connectivity index (χ3n) is 4.24. The van der Waals surface area contributed by atoms with Crippen LogP contribution in [0.1, 0.15) is 18.1 Å². The molecule has 0 saturated carbocycles. The Morgan fingerprint density at radius 2 is 1.42 bits per heavy atom. The molecule has 13 heteroatoms. The molecule has 0 amide bonds. The number of halogens is 6. The summed E-state index contributed by atoms with van der Waals surface area (Å²) in [7, 11) is -4.76. The van der Waals surface area contributed by atoms with Gasteiger partial charge in [0.2, 0.25) is 5.88 Å². The average molecular weight is 491 g/mol. The Morgan fingerprint density at radius 3 is 1.88 bits per heavy atom. The zero-order valence-electron chi connectivity index (χ0n) is 16.7. The van der Waals surface area contributed by atoms with Gasteiger partial charge in [0, 0.05) is 17.3 Å². The lowest BCUT2D eigenvalue weighted by Crippen LogP contribution is -2.17. The van der Waals surface area contributed by atoms with Gasteiger partial charge in [-0.25, -0.2) is 8.42 Å². The number of nitrogens with zero attached hydrogens (tertiary/aromatic N) is 2. The van der Waals surface area contributed by atoms with E-state index in [1.807, 2.05) is 4.72 Å². The van der Waals surface area contributed by atoms with Gasteiger partial charge < -0.3 is 4.74 Å². The molecule has 3 rings (SSSR count). The summed E-state index contributed by atoms with van der Waals surface area (Å²) in [5.74, 6) is 0.310. The molecule has 0 radical (unpaired) electrons. The number of ether oxygens (including phenoxy) is 1. The number of anilines is 1. The Labute approximate surface area is 184 Å². The maximum atomic E-state index is 13.0. The van der Waals surface area contributed by atoms with E-state index >= 15 is 0 Å². The van der Waals surface area contributed by atoms with Crippen molar-refractivity contribution in [1.82, 2.24) is 10.2 Å². The highest BCUT2D eigenvalue weighted by Crippen LogP contribution is 2.37. The molecule has 176 valence electrons. The first-order chi connectivity index (χ1) is 15.3. The number of rotatable bonds is 6. The van der Waals surface area contributed by atoms with Gasteiger partial charge in [-0.05, 0) is 43.3 Å². The topological polar surface area (TPSA) is 81.2 Å². The second kappa shape index (κ2) is 8.89. The molecule has 0 aliphatic heterocycles. The second-order valence-electron chi connectivity index (χ2n) is 6.61. The minimum atomic E-state index is -5.17. The number of alkyl halides is 6. The monoisotopic (exact) mass is 491 g/mol. The van der Waals surface area contributed by atoms with Crippen LogP contribution in [0.3, 0.4) is 0 Å². The molecule has 0 aliphatic rings. The minimum Gasteiger partial charge on any atom is -0.477 e. The first-order valence-corrected chi connectivity index (χ1v) is 10.7. The lowest BCUT2D eigenvalue weighted by Gasteiger charge is -2.15. The number of sulfonamides is 1. The Balaban J connectivity index is 1.88. The minimum absolute atomic E-state index is 0.0800. The van der Waals surface area contributed by atoms with Gasteiger partial charge in [0.05, 0.1) is 28.3 Å². The van der Waals surface area contributed by atoms with Crippen LogP contribution in [0.4, 0.5) is 32.0 Å². The van der Waals surface area contributed by atoms with Crippen LogP contribution in [-0.2, 0) is 22.4 Å².